The lowest BCUT2D eigenvalue weighted by molar-refractivity contribution is -0.123. The fraction of sp³-hybridized carbons (Fsp3) is 0.316. The van der Waals surface area contributed by atoms with Gasteiger partial charge in [0, 0.05) is 13.1 Å². The number of aryl methyl sites for hydroxylation is 3. The van der Waals surface area contributed by atoms with Crippen molar-refractivity contribution in [2.75, 3.05) is 6.61 Å². The number of carbonyl (C=O) groups excluding carboxylic acids is 1. The molecule has 0 fully saturated rings. The topological polar surface area (TPSA) is 69.0 Å². The third-order valence-corrected chi connectivity index (χ3v) is 4.79. The zero-order valence-electron chi connectivity index (χ0n) is 15.2. The lowest BCUT2D eigenvalue weighted by Crippen LogP contribution is -2.31. The summed E-state index contributed by atoms with van der Waals surface area (Å²) >= 11 is 3.43. The highest BCUT2D eigenvalue weighted by atomic mass is 79.9. The minimum atomic E-state index is -0.191. The molecule has 1 amide bonds. The number of amides is 1. The van der Waals surface area contributed by atoms with E-state index in [2.05, 4.69) is 31.3 Å². The van der Waals surface area contributed by atoms with Crippen LogP contribution in [0.25, 0.3) is 11.0 Å². The normalized spacial score (nSPS) is 12.2. The highest BCUT2D eigenvalue weighted by molar-refractivity contribution is 9.10. The Labute approximate surface area is 160 Å². The van der Waals surface area contributed by atoms with Gasteiger partial charge in [-0.05, 0) is 47.8 Å². The summed E-state index contributed by atoms with van der Waals surface area (Å²) in [5.74, 6) is 0.215. The summed E-state index contributed by atoms with van der Waals surface area (Å²) in [7, 11) is 1.82. The summed E-state index contributed by atoms with van der Waals surface area (Å²) in [6.07, 6.45) is 0. The molecule has 1 atom stereocenters. The van der Waals surface area contributed by atoms with Gasteiger partial charge in [-0.2, -0.15) is 10.1 Å². The molecule has 2 aromatic heterocycles. The lowest BCUT2D eigenvalue weighted by Gasteiger charge is -2.15. The van der Waals surface area contributed by atoms with E-state index < -0.39 is 0 Å². The summed E-state index contributed by atoms with van der Waals surface area (Å²) in [6.45, 7) is 5.85. The number of rotatable bonds is 5. The van der Waals surface area contributed by atoms with Gasteiger partial charge in [0.1, 0.15) is 4.60 Å². The average Bonchev–Trinajstić information content (AvgIpc) is 2.88. The van der Waals surface area contributed by atoms with Gasteiger partial charge in [-0.15, -0.1) is 0 Å². The second kappa shape index (κ2) is 7.45. The molecule has 3 aromatic rings. The first kappa shape index (κ1) is 18.4. The SMILES string of the molecule is Cc1ccc(C(C)NC(=O)COc2cc(C)c3c(Br)nn(C)c3n2)cc1. The van der Waals surface area contributed by atoms with Crippen LogP contribution in [-0.4, -0.2) is 27.3 Å². The number of aromatic nitrogens is 3. The van der Waals surface area contributed by atoms with Gasteiger partial charge in [-0.1, -0.05) is 29.8 Å². The molecule has 7 heteroatoms. The van der Waals surface area contributed by atoms with Crippen LogP contribution in [0.15, 0.2) is 34.9 Å². The van der Waals surface area contributed by atoms with Crippen LogP contribution in [0.5, 0.6) is 5.88 Å². The number of nitrogens with one attached hydrogen (secondary N) is 1. The first-order chi connectivity index (χ1) is 12.3. The molecule has 0 spiro atoms. The van der Waals surface area contributed by atoms with E-state index in [9.17, 15) is 4.79 Å². The smallest absolute Gasteiger partial charge is 0.258 e. The Hall–Kier alpha value is -2.41. The number of benzene rings is 1. The van der Waals surface area contributed by atoms with Gasteiger partial charge >= 0.3 is 0 Å². The minimum Gasteiger partial charge on any atom is -0.468 e. The van der Waals surface area contributed by atoms with Gasteiger partial charge in [0.15, 0.2) is 12.3 Å². The van der Waals surface area contributed by atoms with Crippen molar-refractivity contribution in [1.29, 1.82) is 0 Å². The van der Waals surface area contributed by atoms with Crippen molar-refractivity contribution in [2.24, 2.45) is 7.05 Å². The van der Waals surface area contributed by atoms with Gasteiger partial charge in [0.2, 0.25) is 5.88 Å². The van der Waals surface area contributed by atoms with Crippen molar-refractivity contribution < 1.29 is 9.53 Å². The van der Waals surface area contributed by atoms with E-state index in [0.717, 1.165) is 21.1 Å². The molecule has 0 aliphatic rings. The van der Waals surface area contributed by atoms with Gasteiger partial charge in [-0.25, -0.2) is 4.68 Å². The number of halogens is 1. The van der Waals surface area contributed by atoms with Crippen molar-refractivity contribution in [3.63, 3.8) is 0 Å². The maximum atomic E-state index is 12.2. The number of carbonyl (C=O) groups is 1. The van der Waals surface area contributed by atoms with Crippen molar-refractivity contribution in [1.82, 2.24) is 20.1 Å². The van der Waals surface area contributed by atoms with Crippen LogP contribution in [-0.2, 0) is 11.8 Å². The van der Waals surface area contributed by atoms with Crippen LogP contribution in [0, 0.1) is 13.8 Å². The Bertz CT molecular complexity index is 950. The summed E-state index contributed by atoms with van der Waals surface area (Å²) in [5.41, 5.74) is 3.94. The highest BCUT2D eigenvalue weighted by Gasteiger charge is 2.14. The van der Waals surface area contributed by atoms with Crippen LogP contribution in [0.2, 0.25) is 0 Å². The molecular weight excluding hydrogens is 396 g/mol. The van der Waals surface area contributed by atoms with Crippen molar-refractivity contribution in [3.05, 3.63) is 51.6 Å². The molecule has 0 radical (unpaired) electrons. The maximum Gasteiger partial charge on any atom is 0.258 e. The summed E-state index contributed by atoms with van der Waals surface area (Å²) in [4.78, 5) is 16.6. The number of fused-ring (bicyclic) bond motifs is 1. The molecule has 1 unspecified atom stereocenters. The maximum absolute atomic E-state index is 12.2. The second-order valence-electron chi connectivity index (χ2n) is 6.38. The van der Waals surface area contributed by atoms with E-state index in [0.29, 0.717) is 11.5 Å². The third-order valence-electron chi connectivity index (χ3n) is 4.23. The molecule has 26 heavy (non-hydrogen) atoms. The van der Waals surface area contributed by atoms with Crippen LogP contribution in [0.3, 0.4) is 0 Å². The summed E-state index contributed by atoms with van der Waals surface area (Å²) in [6, 6.07) is 9.81. The zero-order valence-corrected chi connectivity index (χ0v) is 16.8. The van der Waals surface area contributed by atoms with Gasteiger partial charge < -0.3 is 10.1 Å². The Morgan fingerprint density at radius 3 is 2.69 bits per heavy atom. The van der Waals surface area contributed by atoms with Crippen LogP contribution in [0.4, 0.5) is 0 Å². The van der Waals surface area contributed by atoms with Crippen molar-refractivity contribution >= 4 is 32.9 Å². The Morgan fingerprint density at radius 1 is 1.31 bits per heavy atom. The number of nitrogens with zero attached hydrogens (tertiary/aromatic N) is 3. The van der Waals surface area contributed by atoms with Crippen LogP contribution in [0.1, 0.15) is 29.7 Å². The number of pyridine rings is 1. The summed E-state index contributed by atoms with van der Waals surface area (Å²) in [5, 5.41) is 8.18. The van der Waals surface area contributed by atoms with Crippen molar-refractivity contribution in [3.8, 4) is 5.88 Å². The van der Waals surface area contributed by atoms with E-state index in [1.54, 1.807) is 4.68 Å². The predicted octanol–water partition coefficient (Wildman–Crippen LogP) is 3.60. The standard InChI is InChI=1S/C19H21BrN4O2/c1-11-5-7-14(8-6-11)13(3)21-15(25)10-26-16-9-12(2)17-18(20)23-24(4)19(17)22-16/h5-9,13H,10H2,1-4H3,(H,21,25). The van der Waals surface area contributed by atoms with E-state index in [-0.39, 0.29) is 18.6 Å². The molecule has 2 heterocycles. The van der Waals surface area contributed by atoms with E-state index in [1.165, 1.54) is 5.56 Å². The van der Waals surface area contributed by atoms with E-state index >= 15 is 0 Å². The molecule has 0 saturated carbocycles. The highest BCUT2D eigenvalue weighted by Crippen LogP contribution is 2.27. The minimum absolute atomic E-state index is 0.0862. The fourth-order valence-electron chi connectivity index (χ4n) is 2.78. The predicted molar refractivity (Wildman–Crippen MR) is 104 cm³/mol. The second-order valence-corrected chi connectivity index (χ2v) is 7.13. The average molecular weight is 417 g/mol. The molecule has 0 saturated heterocycles. The number of ether oxygens (including phenoxy) is 1. The molecule has 0 aliphatic carbocycles. The van der Waals surface area contributed by atoms with E-state index in [1.807, 2.05) is 58.2 Å². The molecule has 1 aromatic carbocycles. The number of hydrogen-bond acceptors (Lipinski definition) is 4. The first-order valence-electron chi connectivity index (χ1n) is 8.33. The Morgan fingerprint density at radius 2 is 2.00 bits per heavy atom. The molecule has 3 rings (SSSR count). The molecule has 1 N–H and O–H groups in total. The van der Waals surface area contributed by atoms with Gasteiger partial charge in [-0.3, -0.25) is 4.79 Å². The zero-order chi connectivity index (χ0) is 18.8. The molecule has 6 nitrogen and oxygen atoms in total. The van der Waals surface area contributed by atoms with Gasteiger partial charge in [0.05, 0.1) is 11.4 Å². The third kappa shape index (κ3) is 3.88. The Balaban J connectivity index is 1.65. The largest absolute Gasteiger partial charge is 0.468 e. The Kier molecular flexibility index (Phi) is 5.27. The molecule has 0 bridgehead atoms. The number of hydrogen-bond donors (Lipinski definition) is 1. The quantitative estimate of drug-likeness (QED) is 0.689. The monoisotopic (exact) mass is 416 g/mol. The molecule has 0 aliphatic heterocycles. The fourth-order valence-corrected chi connectivity index (χ4v) is 3.51. The summed E-state index contributed by atoms with van der Waals surface area (Å²) < 4.78 is 8.02. The van der Waals surface area contributed by atoms with E-state index in [4.69, 9.17) is 4.74 Å². The van der Waals surface area contributed by atoms with Crippen LogP contribution >= 0.6 is 15.9 Å². The first-order valence-corrected chi connectivity index (χ1v) is 9.13. The van der Waals surface area contributed by atoms with Crippen molar-refractivity contribution in [2.45, 2.75) is 26.8 Å². The van der Waals surface area contributed by atoms with Gasteiger partial charge in [0.25, 0.3) is 5.91 Å². The lowest BCUT2D eigenvalue weighted by atomic mass is 10.1. The van der Waals surface area contributed by atoms with Crippen LogP contribution < -0.4 is 10.1 Å². The molecular formula is C19H21BrN4O2. The molecule has 136 valence electrons.